The highest BCUT2D eigenvalue weighted by molar-refractivity contribution is 5.21. The third-order valence-electron chi connectivity index (χ3n) is 3.77. The van der Waals surface area contributed by atoms with Gasteiger partial charge in [-0.15, -0.1) is 0 Å². The lowest BCUT2D eigenvalue weighted by Gasteiger charge is -2.18. The van der Waals surface area contributed by atoms with Gasteiger partial charge in [0.2, 0.25) is 0 Å². The minimum Gasteiger partial charge on any atom is -0.396 e. The van der Waals surface area contributed by atoms with Crippen molar-refractivity contribution in [2.24, 2.45) is 5.92 Å². The van der Waals surface area contributed by atoms with Crippen molar-refractivity contribution in [1.29, 1.82) is 0 Å². The van der Waals surface area contributed by atoms with Crippen LogP contribution in [0.15, 0.2) is 24.3 Å². The Morgan fingerprint density at radius 3 is 2.42 bits per heavy atom. The van der Waals surface area contributed by atoms with E-state index in [0.29, 0.717) is 12.6 Å². The summed E-state index contributed by atoms with van der Waals surface area (Å²) in [6.45, 7) is 1.30. The number of aliphatic hydroxyl groups is 1. The Labute approximate surface area is 115 Å². The summed E-state index contributed by atoms with van der Waals surface area (Å²) in [5, 5.41) is 12.3. The zero-order valence-corrected chi connectivity index (χ0v) is 11.4. The highest BCUT2D eigenvalue weighted by atomic mass is 19.1. The first-order chi connectivity index (χ1) is 9.31. The number of aliphatic hydroxyl groups excluding tert-OH is 1. The van der Waals surface area contributed by atoms with Gasteiger partial charge in [-0.05, 0) is 55.8 Å². The summed E-state index contributed by atoms with van der Waals surface area (Å²) in [4.78, 5) is 0. The van der Waals surface area contributed by atoms with Gasteiger partial charge in [0, 0.05) is 12.6 Å². The first-order valence-corrected chi connectivity index (χ1v) is 7.41. The van der Waals surface area contributed by atoms with Gasteiger partial charge in [0.05, 0.1) is 0 Å². The fraction of sp³-hybridized carbons (Fsp3) is 0.625. The van der Waals surface area contributed by atoms with E-state index in [1.807, 2.05) is 12.1 Å². The SMILES string of the molecule is OCCCCCCNC(c1ccc(F)cc1)C1CC1. The van der Waals surface area contributed by atoms with Crippen molar-refractivity contribution in [2.45, 2.75) is 44.6 Å². The van der Waals surface area contributed by atoms with Crippen LogP contribution in [0, 0.1) is 11.7 Å². The van der Waals surface area contributed by atoms with Crippen molar-refractivity contribution in [3.63, 3.8) is 0 Å². The molecular formula is C16H24FNO. The van der Waals surface area contributed by atoms with Crippen LogP contribution in [0.1, 0.15) is 50.1 Å². The van der Waals surface area contributed by atoms with Crippen LogP contribution in [0.5, 0.6) is 0 Å². The molecule has 1 unspecified atom stereocenters. The van der Waals surface area contributed by atoms with Gasteiger partial charge in [-0.2, -0.15) is 0 Å². The Morgan fingerprint density at radius 1 is 1.11 bits per heavy atom. The average molecular weight is 265 g/mol. The second kappa shape index (κ2) is 7.61. The van der Waals surface area contributed by atoms with E-state index in [0.717, 1.165) is 38.1 Å². The Hall–Kier alpha value is -0.930. The standard InChI is InChI=1S/C16H24FNO/c17-15-9-7-14(8-10-15)16(13-5-6-13)18-11-3-1-2-4-12-19/h7-10,13,16,18-19H,1-6,11-12H2. The molecule has 1 atom stereocenters. The minimum atomic E-state index is -0.165. The van der Waals surface area contributed by atoms with Crippen LogP contribution < -0.4 is 5.32 Å². The van der Waals surface area contributed by atoms with Crippen molar-refractivity contribution in [2.75, 3.05) is 13.2 Å². The number of unbranched alkanes of at least 4 members (excludes halogenated alkanes) is 3. The van der Waals surface area contributed by atoms with Gasteiger partial charge in [-0.1, -0.05) is 25.0 Å². The summed E-state index contributed by atoms with van der Waals surface area (Å²) in [7, 11) is 0. The molecular weight excluding hydrogens is 241 g/mol. The molecule has 0 radical (unpaired) electrons. The molecule has 2 nitrogen and oxygen atoms in total. The molecule has 0 bridgehead atoms. The topological polar surface area (TPSA) is 32.3 Å². The third-order valence-corrected chi connectivity index (χ3v) is 3.77. The Bertz CT molecular complexity index is 362. The maximum absolute atomic E-state index is 13.0. The molecule has 0 amide bonds. The van der Waals surface area contributed by atoms with Crippen molar-refractivity contribution in [3.05, 3.63) is 35.6 Å². The lowest BCUT2D eigenvalue weighted by atomic mass is 10.0. The summed E-state index contributed by atoms with van der Waals surface area (Å²) in [6.07, 6.45) is 6.87. The largest absolute Gasteiger partial charge is 0.396 e. The number of nitrogens with one attached hydrogen (secondary N) is 1. The fourth-order valence-electron chi connectivity index (χ4n) is 2.50. The van der Waals surface area contributed by atoms with E-state index < -0.39 is 0 Å². The Morgan fingerprint density at radius 2 is 1.79 bits per heavy atom. The minimum absolute atomic E-state index is 0.165. The molecule has 1 aromatic carbocycles. The maximum Gasteiger partial charge on any atom is 0.123 e. The highest BCUT2D eigenvalue weighted by Gasteiger charge is 2.31. The summed E-state index contributed by atoms with van der Waals surface area (Å²) >= 11 is 0. The molecule has 0 aliphatic heterocycles. The molecule has 19 heavy (non-hydrogen) atoms. The number of benzene rings is 1. The molecule has 1 fully saturated rings. The van der Waals surface area contributed by atoms with Crippen molar-refractivity contribution in [3.8, 4) is 0 Å². The molecule has 2 rings (SSSR count). The summed E-state index contributed by atoms with van der Waals surface area (Å²) < 4.78 is 13.0. The summed E-state index contributed by atoms with van der Waals surface area (Å²) in [6, 6.07) is 7.29. The van der Waals surface area contributed by atoms with Gasteiger partial charge in [-0.25, -0.2) is 4.39 Å². The second-order valence-corrected chi connectivity index (χ2v) is 5.46. The molecule has 1 saturated carbocycles. The fourth-order valence-corrected chi connectivity index (χ4v) is 2.50. The van der Waals surface area contributed by atoms with Gasteiger partial charge >= 0.3 is 0 Å². The van der Waals surface area contributed by atoms with Gasteiger partial charge in [0.15, 0.2) is 0 Å². The number of rotatable bonds is 9. The van der Waals surface area contributed by atoms with E-state index in [-0.39, 0.29) is 5.82 Å². The van der Waals surface area contributed by atoms with Crippen LogP contribution in [-0.4, -0.2) is 18.3 Å². The second-order valence-electron chi connectivity index (χ2n) is 5.46. The van der Waals surface area contributed by atoms with Gasteiger partial charge in [-0.3, -0.25) is 0 Å². The van der Waals surface area contributed by atoms with E-state index in [2.05, 4.69) is 5.32 Å². The molecule has 3 heteroatoms. The van der Waals surface area contributed by atoms with E-state index in [1.165, 1.54) is 18.4 Å². The Balaban J connectivity index is 1.75. The van der Waals surface area contributed by atoms with Crippen molar-refractivity contribution < 1.29 is 9.50 Å². The third kappa shape index (κ3) is 4.92. The average Bonchev–Trinajstić information content (AvgIpc) is 3.24. The number of hydrogen-bond acceptors (Lipinski definition) is 2. The molecule has 1 aromatic rings. The zero-order valence-electron chi connectivity index (χ0n) is 11.4. The Kier molecular flexibility index (Phi) is 5.80. The summed E-state index contributed by atoms with van der Waals surface area (Å²) in [5.41, 5.74) is 1.21. The van der Waals surface area contributed by atoms with Crippen LogP contribution in [0.3, 0.4) is 0 Å². The predicted molar refractivity (Wildman–Crippen MR) is 75.4 cm³/mol. The van der Waals surface area contributed by atoms with Crippen molar-refractivity contribution >= 4 is 0 Å². The first-order valence-electron chi connectivity index (χ1n) is 7.41. The summed E-state index contributed by atoms with van der Waals surface area (Å²) in [5.74, 6) is 0.560. The van der Waals surface area contributed by atoms with Crippen molar-refractivity contribution in [1.82, 2.24) is 5.32 Å². The zero-order chi connectivity index (χ0) is 13.5. The lowest BCUT2D eigenvalue weighted by molar-refractivity contribution is 0.282. The first kappa shape index (κ1) is 14.5. The monoisotopic (exact) mass is 265 g/mol. The number of hydrogen-bond donors (Lipinski definition) is 2. The van der Waals surface area contributed by atoms with Gasteiger partial charge in [0.25, 0.3) is 0 Å². The van der Waals surface area contributed by atoms with Crippen LogP contribution in [0.4, 0.5) is 4.39 Å². The molecule has 0 spiro atoms. The van der Waals surface area contributed by atoms with E-state index >= 15 is 0 Å². The number of halogens is 1. The molecule has 106 valence electrons. The van der Waals surface area contributed by atoms with E-state index in [9.17, 15) is 4.39 Å². The molecule has 1 aliphatic carbocycles. The van der Waals surface area contributed by atoms with Crippen LogP contribution in [0.2, 0.25) is 0 Å². The van der Waals surface area contributed by atoms with E-state index in [4.69, 9.17) is 5.11 Å². The van der Waals surface area contributed by atoms with E-state index in [1.54, 1.807) is 12.1 Å². The molecule has 0 heterocycles. The molecule has 0 saturated heterocycles. The van der Waals surface area contributed by atoms with Gasteiger partial charge in [0.1, 0.15) is 5.82 Å². The highest BCUT2D eigenvalue weighted by Crippen LogP contribution is 2.40. The van der Waals surface area contributed by atoms with Crippen LogP contribution >= 0.6 is 0 Å². The molecule has 2 N–H and O–H groups in total. The quantitative estimate of drug-likeness (QED) is 0.671. The predicted octanol–water partition coefficient (Wildman–Crippen LogP) is 3.42. The smallest absolute Gasteiger partial charge is 0.123 e. The lowest BCUT2D eigenvalue weighted by Crippen LogP contribution is -2.24. The maximum atomic E-state index is 13.0. The molecule has 1 aliphatic rings. The molecule has 0 aromatic heterocycles. The normalized spacial score (nSPS) is 16.5. The van der Waals surface area contributed by atoms with Crippen LogP contribution in [0.25, 0.3) is 0 Å². The van der Waals surface area contributed by atoms with Crippen LogP contribution in [-0.2, 0) is 0 Å². The van der Waals surface area contributed by atoms with Gasteiger partial charge < -0.3 is 10.4 Å².